The Balaban J connectivity index is 1.63. The van der Waals surface area contributed by atoms with Crippen molar-refractivity contribution in [3.05, 3.63) is 42.7 Å². The quantitative estimate of drug-likeness (QED) is 0.618. The lowest BCUT2D eigenvalue weighted by atomic mass is 10.0. The molecule has 9 heteroatoms. The maximum absolute atomic E-state index is 12.4. The Kier molecular flexibility index (Phi) is 5.05. The molecule has 1 aliphatic rings. The van der Waals surface area contributed by atoms with Gasteiger partial charge in [-0.15, -0.1) is 0 Å². The van der Waals surface area contributed by atoms with Crippen molar-refractivity contribution in [1.29, 1.82) is 0 Å². The Labute approximate surface area is 166 Å². The summed E-state index contributed by atoms with van der Waals surface area (Å²) in [5, 5.41) is 16.8. The van der Waals surface area contributed by atoms with Crippen molar-refractivity contribution in [2.24, 2.45) is 0 Å². The summed E-state index contributed by atoms with van der Waals surface area (Å²) in [7, 11) is 1.57. The van der Waals surface area contributed by atoms with Crippen LogP contribution in [-0.2, 0) is 4.74 Å². The van der Waals surface area contributed by atoms with Crippen molar-refractivity contribution in [3.63, 3.8) is 0 Å². The van der Waals surface area contributed by atoms with Crippen LogP contribution in [0.1, 0.15) is 0 Å². The van der Waals surface area contributed by atoms with Gasteiger partial charge in [0.1, 0.15) is 0 Å². The number of rotatable bonds is 2. The highest BCUT2D eigenvalue weighted by atomic mass is 16.5. The first-order valence-electron chi connectivity index (χ1n) is 9.23. The third-order valence-electron chi connectivity index (χ3n) is 4.88. The summed E-state index contributed by atoms with van der Waals surface area (Å²) < 4.78 is 6.76. The van der Waals surface area contributed by atoms with Gasteiger partial charge in [0.2, 0.25) is 0 Å². The van der Waals surface area contributed by atoms with E-state index in [1.54, 1.807) is 24.2 Å². The van der Waals surface area contributed by atoms with Crippen molar-refractivity contribution in [2.75, 3.05) is 38.7 Å². The molecule has 0 aliphatic carbocycles. The number of amides is 3. The van der Waals surface area contributed by atoms with Crippen LogP contribution in [0.2, 0.25) is 0 Å². The molecule has 0 bridgehead atoms. The molecule has 9 nitrogen and oxygen atoms in total. The molecule has 29 heavy (non-hydrogen) atoms. The first kappa shape index (κ1) is 18.8. The van der Waals surface area contributed by atoms with E-state index >= 15 is 0 Å². The minimum Gasteiger partial charge on any atom is -0.504 e. The van der Waals surface area contributed by atoms with Crippen LogP contribution < -0.4 is 10.6 Å². The molecule has 3 N–H and O–H groups in total. The molecule has 1 fully saturated rings. The lowest BCUT2D eigenvalue weighted by Gasteiger charge is -2.26. The average molecular weight is 395 g/mol. The monoisotopic (exact) mass is 395 g/mol. The van der Waals surface area contributed by atoms with Gasteiger partial charge in [-0.3, -0.25) is 9.88 Å². The van der Waals surface area contributed by atoms with E-state index in [1.807, 2.05) is 24.3 Å². The van der Waals surface area contributed by atoms with Crippen LogP contribution in [0.25, 0.3) is 22.0 Å². The third-order valence-corrected chi connectivity index (χ3v) is 4.88. The van der Waals surface area contributed by atoms with Crippen LogP contribution >= 0.6 is 0 Å². The van der Waals surface area contributed by atoms with Crippen LogP contribution in [0, 0.1) is 0 Å². The molecular weight excluding hydrogens is 374 g/mol. The van der Waals surface area contributed by atoms with Gasteiger partial charge in [-0.2, -0.15) is 0 Å². The van der Waals surface area contributed by atoms with Gasteiger partial charge in [-0.1, -0.05) is 6.07 Å². The molecule has 150 valence electrons. The number of hydrogen-bond donors (Lipinski definition) is 3. The molecule has 0 spiro atoms. The molecule has 0 atom stereocenters. The molecule has 1 aromatic carbocycles. The molecule has 2 aromatic heterocycles. The molecule has 0 saturated carbocycles. The van der Waals surface area contributed by atoms with Gasteiger partial charge in [0.05, 0.1) is 18.7 Å². The van der Waals surface area contributed by atoms with Crippen molar-refractivity contribution in [1.82, 2.24) is 19.8 Å². The number of ether oxygens (including phenoxy) is 1. The molecule has 1 saturated heterocycles. The number of carbonyl (C=O) groups is 2. The summed E-state index contributed by atoms with van der Waals surface area (Å²) in [4.78, 5) is 30.1. The standard InChI is InChI=1S/C20H21N5O4/c1-21-19(27)25-7-5-14-12-13(2-3-16(14)25)15-4-6-22-18(17(15)26)23-20(28)24-8-10-29-11-9-24/h2-7,12,26H,8-11H2,1H3,(H,21,27)(H,22,23,28). The predicted octanol–water partition coefficient (Wildman–Crippen LogP) is 2.46. The lowest BCUT2D eigenvalue weighted by Crippen LogP contribution is -2.43. The van der Waals surface area contributed by atoms with E-state index in [0.29, 0.717) is 31.9 Å². The maximum atomic E-state index is 12.4. The lowest BCUT2D eigenvalue weighted by molar-refractivity contribution is 0.0564. The smallest absolute Gasteiger partial charge is 0.325 e. The predicted molar refractivity (Wildman–Crippen MR) is 108 cm³/mol. The fourth-order valence-electron chi connectivity index (χ4n) is 3.33. The van der Waals surface area contributed by atoms with Gasteiger partial charge in [0, 0.05) is 43.5 Å². The summed E-state index contributed by atoms with van der Waals surface area (Å²) >= 11 is 0. The van der Waals surface area contributed by atoms with Crippen LogP contribution in [0.15, 0.2) is 42.7 Å². The topological polar surface area (TPSA) is 109 Å². The van der Waals surface area contributed by atoms with Gasteiger partial charge < -0.3 is 20.1 Å². The number of fused-ring (bicyclic) bond motifs is 1. The van der Waals surface area contributed by atoms with Gasteiger partial charge >= 0.3 is 12.1 Å². The van der Waals surface area contributed by atoms with E-state index in [9.17, 15) is 14.7 Å². The van der Waals surface area contributed by atoms with E-state index in [1.165, 1.54) is 10.8 Å². The van der Waals surface area contributed by atoms with Crippen molar-refractivity contribution >= 4 is 28.8 Å². The molecule has 3 amide bonds. The largest absolute Gasteiger partial charge is 0.504 e. The number of hydrogen-bond acceptors (Lipinski definition) is 5. The zero-order valence-corrected chi connectivity index (χ0v) is 15.9. The maximum Gasteiger partial charge on any atom is 0.325 e. The number of aromatic nitrogens is 2. The van der Waals surface area contributed by atoms with E-state index in [0.717, 1.165) is 16.5 Å². The Hall–Kier alpha value is -3.59. The van der Waals surface area contributed by atoms with Gasteiger partial charge in [0.25, 0.3) is 0 Å². The number of aromatic hydroxyl groups is 1. The zero-order valence-electron chi connectivity index (χ0n) is 15.9. The van der Waals surface area contributed by atoms with E-state index in [4.69, 9.17) is 4.74 Å². The van der Waals surface area contributed by atoms with Crippen molar-refractivity contribution in [3.8, 4) is 16.9 Å². The first-order chi connectivity index (χ1) is 14.1. The van der Waals surface area contributed by atoms with Crippen molar-refractivity contribution < 1.29 is 19.4 Å². The summed E-state index contributed by atoms with van der Waals surface area (Å²) in [6, 6.07) is 8.44. The summed E-state index contributed by atoms with van der Waals surface area (Å²) in [5.41, 5.74) is 2.03. The molecule has 1 aliphatic heterocycles. The number of anilines is 1. The minimum absolute atomic E-state index is 0.0991. The number of urea groups is 1. The number of nitrogens with one attached hydrogen (secondary N) is 2. The first-order valence-corrected chi connectivity index (χ1v) is 9.23. The Morgan fingerprint density at radius 1 is 1.14 bits per heavy atom. The summed E-state index contributed by atoms with van der Waals surface area (Å²) in [6.07, 6.45) is 3.22. The second-order valence-corrected chi connectivity index (χ2v) is 6.60. The minimum atomic E-state index is -0.327. The second kappa shape index (κ2) is 7.80. The van der Waals surface area contributed by atoms with Crippen LogP contribution in [0.4, 0.5) is 15.4 Å². The average Bonchev–Trinajstić information content (AvgIpc) is 3.18. The fraction of sp³-hybridized carbons (Fsp3) is 0.250. The van der Waals surface area contributed by atoms with E-state index < -0.39 is 0 Å². The van der Waals surface area contributed by atoms with E-state index in [-0.39, 0.29) is 23.6 Å². The number of nitrogens with zero attached hydrogens (tertiary/aromatic N) is 3. The van der Waals surface area contributed by atoms with Crippen LogP contribution in [-0.4, -0.2) is 65.0 Å². The Morgan fingerprint density at radius 3 is 2.69 bits per heavy atom. The number of benzene rings is 1. The highest BCUT2D eigenvalue weighted by Crippen LogP contribution is 2.35. The van der Waals surface area contributed by atoms with Crippen LogP contribution in [0.5, 0.6) is 5.75 Å². The van der Waals surface area contributed by atoms with Crippen LogP contribution in [0.3, 0.4) is 0 Å². The van der Waals surface area contributed by atoms with Crippen molar-refractivity contribution in [2.45, 2.75) is 0 Å². The number of carbonyl (C=O) groups excluding carboxylic acids is 2. The SMILES string of the molecule is CNC(=O)n1ccc2cc(-c3ccnc(NC(=O)N4CCOCC4)c3O)ccc21. The highest BCUT2D eigenvalue weighted by Gasteiger charge is 2.20. The van der Waals surface area contributed by atoms with Gasteiger partial charge in [0.15, 0.2) is 11.6 Å². The molecular formula is C20H21N5O4. The van der Waals surface area contributed by atoms with Gasteiger partial charge in [-0.25, -0.2) is 14.6 Å². The second-order valence-electron chi connectivity index (χ2n) is 6.60. The normalized spacial score (nSPS) is 14.0. The highest BCUT2D eigenvalue weighted by molar-refractivity contribution is 5.95. The Bertz CT molecular complexity index is 1070. The van der Waals surface area contributed by atoms with E-state index in [2.05, 4.69) is 15.6 Å². The molecule has 3 heterocycles. The summed E-state index contributed by atoms with van der Waals surface area (Å²) in [6.45, 7) is 1.96. The fourth-order valence-corrected chi connectivity index (χ4v) is 3.33. The van der Waals surface area contributed by atoms with Gasteiger partial charge in [-0.05, 0) is 29.8 Å². The third kappa shape index (κ3) is 3.59. The molecule has 3 aromatic rings. The molecule has 4 rings (SSSR count). The molecule has 0 radical (unpaired) electrons. The Morgan fingerprint density at radius 2 is 1.93 bits per heavy atom. The molecule has 0 unspecified atom stereocenters. The zero-order chi connectivity index (χ0) is 20.4. The number of morpholine rings is 1. The number of pyridine rings is 1. The summed E-state index contributed by atoms with van der Waals surface area (Å²) in [5.74, 6) is -0.0128.